The minimum Gasteiger partial charge on any atom is -0.384 e. The SMILES string of the molecule is CN=C(NCCc1ccncc1C)N1CCC(COC)C1. The fourth-order valence-electron chi connectivity index (χ4n) is 2.82. The summed E-state index contributed by atoms with van der Waals surface area (Å²) in [6.45, 7) is 5.92. The number of hydrogen-bond acceptors (Lipinski definition) is 3. The van der Waals surface area contributed by atoms with E-state index in [0.29, 0.717) is 5.92 Å². The lowest BCUT2D eigenvalue weighted by atomic mass is 10.1. The number of likely N-dealkylation sites (tertiary alicyclic amines) is 1. The number of aromatic nitrogens is 1. The van der Waals surface area contributed by atoms with E-state index in [1.807, 2.05) is 19.4 Å². The third-order valence-corrected chi connectivity index (χ3v) is 4.01. The van der Waals surface area contributed by atoms with Crippen molar-refractivity contribution in [1.29, 1.82) is 0 Å². The van der Waals surface area contributed by atoms with Crippen molar-refractivity contribution < 1.29 is 4.74 Å². The first-order chi connectivity index (χ1) is 10.2. The van der Waals surface area contributed by atoms with Crippen LogP contribution in [0.4, 0.5) is 0 Å². The van der Waals surface area contributed by atoms with Crippen molar-refractivity contribution in [3.05, 3.63) is 29.6 Å². The Labute approximate surface area is 127 Å². The van der Waals surface area contributed by atoms with E-state index < -0.39 is 0 Å². The van der Waals surface area contributed by atoms with Gasteiger partial charge in [0.05, 0.1) is 6.61 Å². The summed E-state index contributed by atoms with van der Waals surface area (Å²) in [5.74, 6) is 1.62. The van der Waals surface area contributed by atoms with Crippen LogP contribution < -0.4 is 5.32 Å². The molecule has 0 radical (unpaired) electrons. The number of methoxy groups -OCH3 is 1. The van der Waals surface area contributed by atoms with Crippen LogP contribution in [0.3, 0.4) is 0 Å². The highest BCUT2D eigenvalue weighted by Gasteiger charge is 2.24. The molecule has 1 aliphatic heterocycles. The van der Waals surface area contributed by atoms with Gasteiger partial charge in [0, 0.05) is 52.1 Å². The summed E-state index contributed by atoms with van der Waals surface area (Å²) < 4.78 is 5.25. The van der Waals surface area contributed by atoms with Crippen LogP contribution >= 0.6 is 0 Å². The van der Waals surface area contributed by atoms with Gasteiger partial charge in [-0.3, -0.25) is 9.98 Å². The number of ether oxygens (including phenoxy) is 1. The number of pyridine rings is 1. The third kappa shape index (κ3) is 4.43. The molecule has 0 aromatic carbocycles. The van der Waals surface area contributed by atoms with Gasteiger partial charge in [-0.15, -0.1) is 0 Å². The van der Waals surface area contributed by atoms with Gasteiger partial charge in [-0.1, -0.05) is 0 Å². The quantitative estimate of drug-likeness (QED) is 0.659. The maximum Gasteiger partial charge on any atom is 0.193 e. The molecule has 5 heteroatoms. The van der Waals surface area contributed by atoms with Crippen molar-refractivity contribution in [3.63, 3.8) is 0 Å². The maximum absolute atomic E-state index is 5.25. The smallest absolute Gasteiger partial charge is 0.193 e. The molecule has 5 nitrogen and oxygen atoms in total. The molecule has 0 amide bonds. The molecule has 1 aliphatic rings. The summed E-state index contributed by atoms with van der Waals surface area (Å²) >= 11 is 0. The van der Waals surface area contributed by atoms with E-state index >= 15 is 0 Å². The Morgan fingerprint density at radius 3 is 3.14 bits per heavy atom. The number of nitrogens with zero attached hydrogens (tertiary/aromatic N) is 3. The van der Waals surface area contributed by atoms with Gasteiger partial charge in [-0.2, -0.15) is 0 Å². The molecule has 0 bridgehead atoms. The minimum absolute atomic E-state index is 0.621. The lowest BCUT2D eigenvalue weighted by Gasteiger charge is -2.21. The van der Waals surface area contributed by atoms with Crippen LogP contribution in [-0.4, -0.2) is 56.2 Å². The summed E-state index contributed by atoms with van der Waals surface area (Å²) in [5.41, 5.74) is 2.59. The summed E-state index contributed by atoms with van der Waals surface area (Å²) in [6.07, 6.45) is 5.94. The Morgan fingerprint density at radius 2 is 2.43 bits per heavy atom. The Morgan fingerprint density at radius 1 is 1.57 bits per heavy atom. The molecule has 116 valence electrons. The van der Waals surface area contributed by atoms with Gasteiger partial charge < -0.3 is 15.0 Å². The van der Waals surface area contributed by atoms with Crippen molar-refractivity contribution in [2.75, 3.05) is 40.4 Å². The Balaban J connectivity index is 1.80. The van der Waals surface area contributed by atoms with Crippen LogP contribution in [0.1, 0.15) is 17.5 Å². The van der Waals surface area contributed by atoms with Crippen LogP contribution in [0.2, 0.25) is 0 Å². The zero-order valence-electron chi connectivity index (χ0n) is 13.3. The Kier molecular flexibility index (Phi) is 5.99. The van der Waals surface area contributed by atoms with Gasteiger partial charge in [0.15, 0.2) is 5.96 Å². The zero-order chi connectivity index (χ0) is 15.1. The molecule has 2 heterocycles. The third-order valence-electron chi connectivity index (χ3n) is 4.01. The monoisotopic (exact) mass is 290 g/mol. The molecule has 1 N–H and O–H groups in total. The second-order valence-electron chi connectivity index (χ2n) is 5.58. The molecule has 21 heavy (non-hydrogen) atoms. The predicted molar refractivity (Wildman–Crippen MR) is 85.6 cm³/mol. The van der Waals surface area contributed by atoms with Gasteiger partial charge in [-0.25, -0.2) is 0 Å². The molecule has 0 aliphatic carbocycles. The molecule has 0 saturated carbocycles. The fraction of sp³-hybridized carbons (Fsp3) is 0.625. The molecular formula is C16H26N4O. The van der Waals surface area contributed by atoms with E-state index in [-0.39, 0.29) is 0 Å². The highest BCUT2D eigenvalue weighted by molar-refractivity contribution is 5.80. The highest BCUT2D eigenvalue weighted by atomic mass is 16.5. The summed E-state index contributed by atoms with van der Waals surface area (Å²) in [4.78, 5) is 10.8. The second kappa shape index (κ2) is 7.98. The second-order valence-corrected chi connectivity index (χ2v) is 5.58. The molecule has 2 rings (SSSR count). The first-order valence-electron chi connectivity index (χ1n) is 7.58. The number of rotatable bonds is 5. The molecule has 1 fully saturated rings. The fourth-order valence-corrected chi connectivity index (χ4v) is 2.82. The average molecular weight is 290 g/mol. The summed E-state index contributed by atoms with van der Waals surface area (Å²) in [5, 5.41) is 3.46. The van der Waals surface area contributed by atoms with Gasteiger partial charge in [-0.05, 0) is 37.0 Å². The number of hydrogen-bond donors (Lipinski definition) is 1. The van der Waals surface area contributed by atoms with Crippen LogP contribution in [0, 0.1) is 12.8 Å². The van der Waals surface area contributed by atoms with Crippen molar-refractivity contribution >= 4 is 5.96 Å². The molecule has 0 spiro atoms. The summed E-state index contributed by atoms with van der Waals surface area (Å²) in [7, 11) is 3.62. The summed E-state index contributed by atoms with van der Waals surface area (Å²) in [6, 6.07) is 2.09. The lowest BCUT2D eigenvalue weighted by Crippen LogP contribution is -2.41. The lowest BCUT2D eigenvalue weighted by molar-refractivity contribution is 0.157. The Hall–Kier alpha value is -1.62. The van der Waals surface area contributed by atoms with Gasteiger partial charge in [0.2, 0.25) is 0 Å². The van der Waals surface area contributed by atoms with E-state index in [1.165, 1.54) is 17.5 Å². The number of aryl methyl sites for hydroxylation is 1. The minimum atomic E-state index is 0.621. The van der Waals surface area contributed by atoms with Crippen LogP contribution in [0.15, 0.2) is 23.5 Å². The molecular weight excluding hydrogens is 264 g/mol. The molecule has 1 atom stereocenters. The number of nitrogens with one attached hydrogen (secondary N) is 1. The standard InChI is InChI=1S/C16H26N4O/c1-13-10-18-7-4-15(13)5-8-19-16(17-2)20-9-6-14(11-20)12-21-3/h4,7,10,14H,5-6,8-9,11-12H2,1-3H3,(H,17,19). The predicted octanol–water partition coefficient (Wildman–Crippen LogP) is 1.48. The van der Waals surface area contributed by atoms with E-state index in [0.717, 1.165) is 38.6 Å². The van der Waals surface area contributed by atoms with Crippen molar-refractivity contribution in [1.82, 2.24) is 15.2 Å². The number of guanidine groups is 1. The Bertz CT molecular complexity index is 475. The van der Waals surface area contributed by atoms with E-state index in [1.54, 1.807) is 7.11 Å². The molecule has 1 aromatic rings. The van der Waals surface area contributed by atoms with Crippen molar-refractivity contribution in [3.8, 4) is 0 Å². The molecule has 1 saturated heterocycles. The van der Waals surface area contributed by atoms with Crippen molar-refractivity contribution in [2.24, 2.45) is 10.9 Å². The van der Waals surface area contributed by atoms with Gasteiger partial charge in [0.25, 0.3) is 0 Å². The topological polar surface area (TPSA) is 49.8 Å². The largest absolute Gasteiger partial charge is 0.384 e. The highest BCUT2D eigenvalue weighted by Crippen LogP contribution is 2.16. The maximum atomic E-state index is 5.25. The average Bonchev–Trinajstić information content (AvgIpc) is 2.94. The van der Waals surface area contributed by atoms with Crippen molar-refractivity contribution in [2.45, 2.75) is 19.8 Å². The van der Waals surface area contributed by atoms with Gasteiger partial charge >= 0.3 is 0 Å². The zero-order valence-corrected chi connectivity index (χ0v) is 13.3. The van der Waals surface area contributed by atoms with Crippen LogP contribution in [0.5, 0.6) is 0 Å². The van der Waals surface area contributed by atoms with Crippen LogP contribution in [0.25, 0.3) is 0 Å². The van der Waals surface area contributed by atoms with E-state index in [2.05, 4.69) is 33.2 Å². The molecule has 1 unspecified atom stereocenters. The van der Waals surface area contributed by atoms with Gasteiger partial charge in [0.1, 0.15) is 0 Å². The van der Waals surface area contributed by atoms with E-state index in [9.17, 15) is 0 Å². The first-order valence-corrected chi connectivity index (χ1v) is 7.58. The van der Waals surface area contributed by atoms with Crippen LogP contribution in [-0.2, 0) is 11.2 Å². The normalized spacial score (nSPS) is 19.1. The number of aliphatic imine (C=N–C) groups is 1. The first kappa shape index (κ1) is 15.8. The van der Waals surface area contributed by atoms with E-state index in [4.69, 9.17) is 4.74 Å². The molecule has 1 aromatic heterocycles.